The van der Waals surface area contributed by atoms with Crippen molar-refractivity contribution in [2.24, 2.45) is 5.73 Å². The second kappa shape index (κ2) is 5.18. The molecule has 0 unspecified atom stereocenters. The number of carbonyl (C=O) groups excluding carboxylic acids is 2. The fraction of sp³-hybridized carbons (Fsp3) is 0.545. The largest absolute Gasteiger partial charge is 0.342 e. The minimum atomic E-state index is -0.202. The normalized spacial score (nSPS) is 16.2. The average molecular weight is 251 g/mol. The molecule has 0 bridgehead atoms. The summed E-state index contributed by atoms with van der Waals surface area (Å²) in [5.41, 5.74) is 5.79. The standard InChI is InChI=1S/C11H17N5O2/c1-14-4-5-16(7-10(14)17)11(18)9-6-15(3-2-12)8-13-9/h6,8H,2-5,7,12H2,1H3. The molecule has 1 fully saturated rings. The van der Waals surface area contributed by atoms with Crippen LogP contribution in [0.4, 0.5) is 0 Å². The van der Waals surface area contributed by atoms with Crippen LogP contribution in [-0.2, 0) is 11.3 Å². The third kappa shape index (κ3) is 2.51. The number of hydrogen-bond acceptors (Lipinski definition) is 4. The molecular formula is C11H17N5O2. The Balaban J connectivity index is 2.04. The summed E-state index contributed by atoms with van der Waals surface area (Å²) >= 11 is 0. The van der Waals surface area contributed by atoms with Crippen LogP contribution in [-0.4, -0.2) is 64.4 Å². The lowest BCUT2D eigenvalue weighted by Gasteiger charge is -2.31. The van der Waals surface area contributed by atoms with Crippen molar-refractivity contribution in [2.45, 2.75) is 6.54 Å². The van der Waals surface area contributed by atoms with E-state index in [1.165, 1.54) is 4.90 Å². The Morgan fingerprint density at radius 3 is 2.94 bits per heavy atom. The molecule has 0 aromatic carbocycles. The molecule has 1 aliphatic rings. The van der Waals surface area contributed by atoms with E-state index in [2.05, 4.69) is 4.98 Å². The number of imidazole rings is 1. The van der Waals surface area contributed by atoms with Crippen LogP contribution >= 0.6 is 0 Å². The highest BCUT2D eigenvalue weighted by molar-refractivity contribution is 5.95. The average Bonchev–Trinajstić information content (AvgIpc) is 2.81. The van der Waals surface area contributed by atoms with E-state index in [-0.39, 0.29) is 18.4 Å². The lowest BCUT2D eigenvalue weighted by atomic mass is 10.3. The summed E-state index contributed by atoms with van der Waals surface area (Å²) in [6, 6.07) is 0. The Morgan fingerprint density at radius 2 is 2.28 bits per heavy atom. The molecule has 7 nitrogen and oxygen atoms in total. The van der Waals surface area contributed by atoms with Gasteiger partial charge in [-0.05, 0) is 0 Å². The number of amides is 2. The first-order valence-corrected chi connectivity index (χ1v) is 5.87. The van der Waals surface area contributed by atoms with Crippen molar-refractivity contribution < 1.29 is 9.59 Å². The Morgan fingerprint density at radius 1 is 1.50 bits per heavy atom. The maximum Gasteiger partial charge on any atom is 0.274 e. The van der Waals surface area contributed by atoms with Gasteiger partial charge in [-0.25, -0.2) is 4.98 Å². The number of aromatic nitrogens is 2. The smallest absolute Gasteiger partial charge is 0.274 e. The van der Waals surface area contributed by atoms with Crippen LogP contribution in [0.15, 0.2) is 12.5 Å². The Bertz CT molecular complexity index is 456. The fourth-order valence-electron chi connectivity index (χ4n) is 1.84. The van der Waals surface area contributed by atoms with Gasteiger partial charge in [0.1, 0.15) is 12.2 Å². The van der Waals surface area contributed by atoms with Gasteiger partial charge >= 0.3 is 0 Å². The van der Waals surface area contributed by atoms with E-state index in [1.54, 1.807) is 29.0 Å². The summed E-state index contributed by atoms with van der Waals surface area (Å²) in [7, 11) is 1.74. The van der Waals surface area contributed by atoms with E-state index in [1.807, 2.05) is 0 Å². The van der Waals surface area contributed by atoms with E-state index >= 15 is 0 Å². The zero-order chi connectivity index (χ0) is 13.1. The maximum atomic E-state index is 12.1. The SMILES string of the molecule is CN1CCN(C(=O)c2cn(CCN)cn2)CC1=O. The zero-order valence-electron chi connectivity index (χ0n) is 10.4. The molecule has 2 rings (SSSR count). The molecule has 2 amide bonds. The van der Waals surface area contributed by atoms with E-state index in [9.17, 15) is 9.59 Å². The first-order chi connectivity index (χ1) is 8.61. The van der Waals surface area contributed by atoms with Crippen LogP contribution in [0.1, 0.15) is 10.5 Å². The third-order valence-electron chi connectivity index (χ3n) is 2.98. The highest BCUT2D eigenvalue weighted by atomic mass is 16.2. The highest BCUT2D eigenvalue weighted by Gasteiger charge is 2.26. The van der Waals surface area contributed by atoms with E-state index in [0.29, 0.717) is 31.9 Å². The number of likely N-dealkylation sites (N-methyl/N-ethyl adjacent to an activating group) is 1. The number of hydrogen-bond donors (Lipinski definition) is 1. The van der Waals surface area contributed by atoms with Gasteiger partial charge in [-0.3, -0.25) is 9.59 Å². The molecule has 0 spiro atoms. The van der Waals surface area contributed by atoms with Gasteiger partial charge in [0.05, 0.1) is 6.33 Å². The van der Waals surface area contributed by atoms with Crippen LogP contribution in [0.2, 0.25) is 0 Å². The summed E-state index contributed by atoms with van der Waals surface area (Å²) in [4.78, 5) is 30.8. The van der Waals surface area contributed by atoms with Gasteiger partial charge in [-0.1, -0.05) is 0 Å². The van der Waals surface area contributed by atoms with Crippen molar-refractivity contribution in [1.82, 2.24) is 19.4 Å². The predicted octanol–water partition coefficient (Wildman–Crippen LogP) is -1.24. The maximum absolute atomic E-state index is 12.1. The van der Waals surface area contributed by atoms with Crippen LogP contribution in [0.25, 0.3) is 0 Å². The third-order valence-corrected chi connectivity index (χ3v) is 2.98. The van der Waals surface area contributed by atoms with Crippen molar-refractivity contribution in [3.05, 3.63) is 18.2 Å². The molecule has 2 heterocycles. The number of nitrogens with two attached hydrogens (primary N) is 1. The monoisotopic (exact) mass is 251 g/mol. The van der Waals surface area contributed by atoms with Gasteiger partial charge in [-0.15, -0.1) is 0 Å². The van der Waals surface area contributed by atoms with Crippen LogP contribution in [0, 0.1) is 0 Å². The Labute approximate surface area is 105 Å². The number of rotatable bonds is 3. The van der Waals surface area contributed by atoms with Gasteiger partial charge in [0.25, 0.3) is 5.91 Å². The number of carbonyl (C=O) groups is 2. The van der Waals surface area contributed by atoms with Crippen molar-refractivity contribution in [1.29, 1.82) is 0 Å². The van der Waals surface area contributed by atoms with Crippen molar-refractivity contribution in [2.75, 3.05) is 33.2 Å². The minimum Gasteiger partial charge on any atom is -0.342 e. The van der Waals surface area contributed by atoms with Gasteiger partial charge in [0, 0.05) is 39.4 Å². The molecule has 18 heavy (non-hydrogen) atoms. The lowest BCUT2D eigenvalue weighted by Crippen LogP contribution is -2.50. The first-order valence-electron chi connectivity index (χ1n) is 5.87. The van der Waals surface area contributed by atoms with Crippen LogP contribution in [0.5, 0.6) is 0 Å². The van der Waals surface area contributed by atoms with E-state index < -0.39 is 0 Å². The quantitative estimate of drug-likeness (QED) is 0.728. The van der Waals surface area contributed by atoms with Crippen LogP contribution < -0.4 is 5.73 Å². The Kier molecular flexibility index (Phi) is 3.61. The molecule has 1 aromatic heterocycles. The fourth-order valence-corrected chi connectivity index (χ4v) is 1.84. The molecule has 1 aromatic rings. The molecule has 0 saturated carbocycles. The van der Waals surface area contributed by atoms with Crippen LogP contribution in [0.3, 0.4) is 0 Å². The van der Waals surface area contributed by atoms with Crippen molar-refractivity contribution in [3.63, 3.8) is 0 Å². The lowest BCUT2D eigenvalue weighted by molar-refractivity contribution is -0.133. The van der Waals surface area contributed by atoms with E-state index in [4.69, 9.17) is 5.73 Å². The van der Waals surface area contributed by atoms with Crippen molar-refractivity contribution in [3.8, 4) is 0 Å². The molecule has 2 N–H and O–H groups in total. The molecule has 7 heteroatoms. The Hall–Kier alpha value is -1.89. The van der Waals surface area contributed by atoms with E-state index in [0.717, 1.165) is 0 Å². The molecule has 0 aliphatic carbocycles. The topological polar surface area (TPSA) is 84.5 Å². The molecule has 0 atom stereocenters. The van der Waals surface area contributed by atoms with Gasteiger partial charge in [0.2, 0.25) is 5.91 Å². The molecule has 1 saturated heterocycles. The molecule has 1 aliphatic heterocycles. The summed E-state index contributed by atoms with van der Waals surface area (Å²) < 4.78 is 1.77. The van der Waals surface area contributed by atoms with Crippen molar-refractivity contribution >= 4 is 11.8 Å². The summed E-state index contributed by atoms with van der Waals surface area (Å²) in [5.74, 6) is -0.247. The second-order valence-corrected chi connectivity index (χ2v) is 4.33. The molecule has 0 radical (unpaired) electrons. The number of piperazine rings is 1. The second-order valence-electron chi connectivity index (χ2n) is 4.33. The van der Waals surface area contributed by atoms with Gasteiger partial charge < -0.3 is 20.1 Å². The summed E-state index contributed by atoms with van der Waals surface area (Å²) in [6.45, 7) is 2.36. The zero-order valence-corrected chi connectivity index (χ0v) is 10.4. The molecule has 98 valence electrons. The summed E-state index contributed by atoms with van der Waals surface area (Å²) in [5, 5.41) is 0. The summed E-state index contributed by atoms with van der Waals surface area (Å²) in [6.07, 6.45) is 3.25. The number of nitrogens with zero attached hydrogens (tertiary/aromatic N) is 4. The van der Waals surface area contributed by atoms with Gasteiger partial charge in [-0.2, -0.15) is 0 Å². The minimum absolute atomic E-state index is 0.0454. The van der Waals surface area contributed by atoms with Gasteiger partial charge in [0.15, 0.2) is 0 Å². The predicted molar refractivity (Wildman–Crippen MR) is 64.8 cm³/mol. The first kappa shape index (κ1) is 12.6. The molecular weight excluding hydrogens is 234 g/mol. The highest BCUT2D eigenvalue weighted by Crippen LogP contribution is 2.07.